The molecule has 2 aliphatic heterocycles. The Labute approximate surface area is 272 Å². The number of hydrogen-bond donors (Lipinski definition) is 3. The summed E-state index contributed by atoms with van der Waals surface area (Å²) in [4.78, 5) is 68.6. The van der Waals surface area contributed by atoms with Crippen molar-refractivity contribution in [2.24, 2.45) is 11.8 Å². The maximum absolute atomic E-state index is 14.3. The van der Waals surface area contributed by atoms with Crippen LogP contribution in [-0.4, -0.2) is 56.3 Å². The number of likely N-dealkylation sites (tertiary alicyclic amines) is 1. The monoisotopic (exact) mass is 648 g/mol. The van der Waals surface area contributed by atoms with E-state index in [1.165, 1.54) is 43.5 Å². The van der Waals surface area contributed by atoms with E-state index in [-0.39, 0.29) is 24.4 Å². The number of ether oxygens (including phenoxy) is 1. The minimum absolute atomic E-state index is 0.0931. The average Bonchev–Trinajstić information content (AvgIpc) is 3.87. The highest BCUT2D eigenvalue weighted by molar-refractivity contribution is 6.09. The van der Waals surface area contributed by atoms with Gasteiger partial charge in [-0.2, -0.15) is 0 Å². The van der Waals surface area contributed by atoms with E-state index in [2.05, 4.69) is 10.3 Å². The van der Waals surface area contributed by atoms with Crippen LogP contribution >= 0.6 is 0 Å². The van der Waals surface area contributed by atoms with E-state index in [0.717, 1.165) is 15.8 Å². The molecule has 0 aliphatic carbocycles. The lowest BCUT2D eigenvalue weighted by Gasteiger charge is -2.31. The number of nitrogens with zero attached hydrogens (tertiary/aromatic N) is 2. The van der Waals surface area contributed by atoms with Crippen molar-refractivity contribution in [3.8, 4) is 11.3 Å². The third-order valence-corrected chi connectivity index (χ3v) is 9.28. The Hall–Kier alpha value is -6.08. The Bertz CT molecular complexity index is 2100. The van der Waals surface area contributed by atoms with E-state index in [0.29, 0.717) is 28.0 Å². The topological polar surface area (TPSA) is 185 Å². The Morgan fingerprint density at radius 3 is 2.42 bits per heavy atom. The molecule has 7 rings (SSSR count). The molecule has 5 aromatic rings. The number of carboxylic acids is 1. The number of furan rings is 1. The van der Waals surface area contributed by atoms with Gasteiger partial charge < -0.3 is 19.2 Å². The van der Waals surface area contributed by atoms with Crippen LogP contribution in [0.5, 0.6) is 0 Å². The second-order valence-corrected chi connectivity index (χ2v) is 11.9. The third-order valence-electron chi connectivity index (χ3n) is 9.28. The number of carbonyl (C=O) groups excluding carboxylic acids is 3. The zero-order valence-corrected chi connectivity index (χ0v) is 25.4. The van der Waals surface area contributed by atoms with E-state index >= 15 is 0 Å². The molecular formula is C35H28N4O9. The Kier molecular flexibility index (Phi) is 7.40. The van der Waals surface area contributed by atoms with Gasteiger partial charge in [0.1, 0.15) is 17.1 Å². The zero-order valence-electron chi connectivity index (χ0n) is 25.4. The standard InChI is InChI=1S/C35H28N4O9/c1-47-33(42)21-8-6-19(7-9-21)18-38-31(40)28-29(32(38)41)35(34(43)44,16-22-17-36-25-5-3-2-4-24(22)25)37-30(28)27-15-14-26(48-27)20-10-12-23(13-11-20)39(45)46/h2-15,17,28-30,36-37H,16,18H2,1H3,(H,43,44). The molecular weight excluding hydrogens is 620 g/mol. The third kappa shape index (κ3) is 4.91. The molecule has 4 atom stereocenters. The fourth-order valence-corrected chi connectivity index (χ4v) is 6.94. The van der Waals surface area contributed by atoms with Gasteiger partial charge in [0.05, 0.1) is 42.0 Å². The first-order valence-corrected chi connectivity index (χ1v) is 15.0. The predicted octanol–water partition coefficient (Wildman–Crippen LogP) is 4.63. The van der Waals surface area contributed by atoms with Crippen molar-refractivity contribution in [1.29, 1.82) is 0 Å². The Balaban J connectivity index is 1.28. The number of benzene rings is 3. The van der Waals surface area contributed by atoms with Gasteiger partial charge in [0.25, 0.3) is 5.69 Å². The van der Waals surface area contributed by atoms with E-state index in [4.69, 9.17) is 9.15 Å². The second kappa shape index (κ2) is 11.6. The number of para-hydroxylation sites is 1. The molecule has 2 amide bonds. The van der Waals surface area contributed by atoms with Gasteiger partial charge in [-0.1, -0.05) is 30.3 Å². The van der Waals surface area contributed by atoms with Crippen molar-refractivity contribution >= 4 is 40.3 Å². The average molecular weight is 649 g/mol. The summed E-state index contributed by atoms with van der Waals surface area (Å²) in [6.45, 7) is -0.131. The maximum Gasteiger partial charge on any atom is 0.337 e. The zero-order chi connectivity index (χ0) is 33.7. The van der Waals surface area contributed by atoms with Crippen LogP contribution in [-0.2, 0) is 32.1 Å². The number of methoxy groups -OCH3 is 1. The quantitative estimate of drug-likeness (QED) is 0.0881. The summed E-state index contributed by atoms with van der Waals surface area (Å²) in [5.41, 5.74) is 0.861. The highest BCUT2D eigenvalue weighted by Gasteiger charge is 2.69. The van der Waals surface area contributed by atoms with Crippen LogP contribution in [0.3, 0.4) is 0 Å². The van der Waals surface area contributed by atoms with Gasteiger partial charge >= 0.3 is 11.9 Å². The van der Waals surface area contributed by atoms with E-state index < -0.39 is 52.1 Å². The maximum atomic E-state index is 14.3. The highest BCUT2D eigenvalue weighted by atomic mass is 16.6. The van der Waals surface area contributed by atoms with E-state index in [1.807, 2.05) is 24.3 Å². The van der Waals surface area contributed by atoms with Gasteiger partial charge in [0.2, 0.25) is 11.8 Å². The molecule has 0 saturated carbocycles. The van der Waals surface area contributed by atoms with Gasteiger partial charge in [-0.3, -0.25) is 34.7 Å². The predicted molar refractivity (Wildman–Crippen MR) is 169 cm³/mol. The van der Waals surface area contributed by atoms with Crippen LogP contribution in [0.25, 0.3) is 22.2 Å². The van der Waals surface area contributed by atoms with E-state index in [9.17, 15) is 34.4 Å². The summed E-state index contributed by atoms with van der Waals surface area (Å²) >= 11 is 0. The number of carbonyl (C=O) groups is 4. The number of amides is 2. The highest BCUT2D eigenvalue weighted by Crippen LogP contribution is 2.51. The number of aromatic amines is 1. The summed E-state index contributed by atoms with van der Waals surface area (Å²) in [7, 11) is 1.26. The molecule has 48 heavy (non-hydrogen) atoms. The number of nitro groups is 1. The minimum atomic E-state index is -1.89. The van der Waals surface area contributed by atoms with Crippen molar-refractivity contribution in [2.75, 3.05) is 7.11 Å². The summed E-state index contributed by atoms with van der Waals surface area (Å²) in [5, 5.41) is 26.0. The number of rotatable bonds is 9. The van der Waals surface area contributed by atoms with Crippen molar-refractivity contribution in [3.05, 3.63) is 124 Å². The molecule has 4 heterocycles. The molecule has 0 radical (unpaired) electrons. The first-order valence-electron chi connectivity index (χ1n) is 15.0. The second-order valence-electron chi connectivity index (χ2n) is 11.9. The molecule has 0 spiro atoms. The summed E-state index contributed by atoms with van der Waals surface area (Å²) in [5.74, 6) is -4.84. The first kappa shape index (κ1) is 30.6. The number of fused-ring (bicyclic) bond motifs is 2. The molecule has 2 fully saturated rings. The van der Waals surface area contributed by atoms with Gasteiger partial charge in [-0.05, 0) is 53.6 Å². The minimum Gasteiger partial charge on any atom is -0.480 e. The number of aromatic nitrogens is 1. The lowest BCUT2D eigenvalue weighted by molar-refractivity contribution is -0.384. The number of carboxylic acid groups (broad SMARTS) is 1. The molecule has 13 nitrogen and oxygen atoms in total. The lowest BCUT2D eigenvalue weighted by atomic mass is 9.76. The molecule has 0 bridgehead atoms. The number of non-ortho nitro benzene ring substituents is 1. The van der Waals surface area contributed by atoms with Crippen LogP contribution in [0.4, 0.5) is 5.69 Å². The molecule has 2 aliphatic rings. The Morgan fingerprint density at radius 2 is 1.73 bits per heavy atom. The number of aliphatic carboxylic acids is 1. The molecule has 2 saturated heterocycles. The van der Waals surface area contributed by atoms with Crippen molar-refractivity contribution in [3.63, 3.8) is 0 Å². The lowest BCUT2D eigenvalue weighted by Crippen LogP contribution is -2.57. The number of nitrogens with one attached hydrogen (secondary N) is 2. The van der Waals surface area contributed by atoms with E-state index in [1.54, 1.807) is 30.5 Å². The smallest absolute Gasteiger partial charge is 0.337 e. The van der Waals surface area contributed by atoms with Crippen molar-refractivity contribution in [1.82, 2.24) is 15.2 Å². The Morgan fingerprint density at radius 1 is 1.00 bits per heavy atom. The van der Waals surface area contributed by atoms with Crippen LogP contribution < -0.4 is 5.32 Å². The molecule has 2 aromatic heterocycles. The van der Waals surface area contributed by atoms with Gasteiger partial charge in [-0.25, -0.2) is 4.79 Å². The number of imide groups is 1. The van der Waals surface area contributed by atoms with Crippen molar-refractivity contribution in [2.45, 2.75) is 24.5 Å². The first-order chi connectivity index (χ1) is 23.1. The van der Waals surface area contributed by atoms with Crippen LogP contribution in [0, 0.1) is 22.0 Å². The molecule has 242 valence electrons. The fourth-order valence-electron chi connectivity index (χ4n) is 6.94. The number of esters is 1. The SMILES string of the molecule is COC(=O)c1ccc(CN2C(=O)C3C(c4ccc(-c5ccc([N+](=O)[O-])cc5)o4)NC(Cc4c[nH]c5ccccc45)(C(=O)O)C3C2=O)cc1. The van der Waals surface area contributed by atoms with Crippen LogP contribution in [0.1, 0.15) is 33.3 Å². The molecule has 4 unspecified atom stereocenters. The van der Waals surface area contributed by atoms with Crippen LogP contribution in [0.15, 0.2) is 95.5 Å². The van der Waals surface area contributed by atoms with Gasteiger partial charge in [0, 0.05) is 41.2 Å². The summed E-state index contributed by atoms with van der Waals surface area (Å²) in [6.07, 6.45) is 1.60. The molecule has 3 aromatic carbocycles. The normalized spacial score (nSPS) is 21.9. The largest absolute Gasteiger partial charge is 0.480 e. The van der Waals surface area contributed by atoms with Crippen LogP contribution in [0.2, 0.25) is 0 Å². The van der Waals surface area contributed by atoms with Gasteiger partial charge in [-0.15, -0.1) is 0 Å². The number of nitro benzene ring substituents is 1. The molecule has 3 N–H and O–H groups in total. The molecule has 13 heteroatoms. The summed E-state index contributed by atoms with van der Waals surface area (Å²) in [6, 6.07) is 21.7. The number of H-pyrrole nitrogens is 1. The van der Waals surface area contributed by atoms with Gasteiger partial charge in [0.15, 0.2) is 0 Å². The summed E-state index contributed by atoms with van der Waals surface area (Å²) < 4.78 is 10.9. The number of hydrogen-bond acceptors (Lipinski definition) is 9. The van der Waals surface area contributed by atoms with Crippen molar-refractivity contribution < 1.29 is 38.4 Å². The fraction of sp³-hybridized carbons (Fsp3) is 0.200.